The minimum Gasteiger partial charge on any atom is -0.481 e. The molecule has 4 saturated carbocycles. The van der Waals surface area contributed by atoms with Gasteiger partial charge in [-0.25, -0.2) is 4.98 Å². The SMILES string of the molecule is CC(C)(C(=O)NC1C2CC3CC1CC(C(=O)O)(C3)C2)N1CCN(c2ncccc2C#N)CC1. The van der Waals surface area contributed by atoms with Crippen molar-refractivity contribution in [3.05, 3.63) is 23.9 Å². The lowest BCUT2D eigenvalue weighted by Crippen LogP contribution is -2.66. The van der Waals surface area contributed by atoms with E-state index in [1.54, 1.807) is 18.3 Å². The topological polar surface area (TPSA) is 110 Å². The van der Waals surface area contributed by atoms with Crippen LogP contribution >= 0.6 is 0 Å². The number of aliphatic carboxylic acids is 1. The number of nitriles is 1. The Balaban J connectivity index is 1.23. The molecule has 6 rings (SSSR count). The number of carboxylic acids is 1. The van der Waals surface area contributed by atoms with E-state index in [1.807, 2.05) is 13.8 Å². The summed E-state index contributed by atoms with van der Waals surface area (Å²) in [5.74, 6) is 1.15. The molecule has 1 aliphatic heterocycles. The van der Waals surface area contributed by atoms with E-state index in [0.717, 1.165) is 19.3 Å². The first-order valence-electron chi connectivity index (χ1n) is 12.1. The Kier molecular flexibility index (Phi) is 5.36. The Morgan fingerprint density at radius 3 is 2.45 bits per heavy atom. The molecule has 1 saturated heterocycles. The average molecular weight is 452 g/mol. The van der Waals surface area contributed by atoms with Crippen molar-refractivity contribution in [2.75, 3.05) is 31.1 Å². The van der Waals surface area contributed by atoms with E-state index in [2.05, 4.69) is 26.2 Å². The van der Waals surface area contributed by atoms with Gasteiger partial charge in [0.15, 0.2) is 0 Å². The fraction of sp³-hybridized carbons (Fsp3) is 0.680. The van der Waals surface area contributed by atoms with Crippen LogP contribution < -0.4 is 10.2 Å². The first-order valence-corrected chi connectivity index (χ1v) is 12.1. The van der Waals surface area contributed by atoms with Crippen LogP contribution in [0.1, 0.15) is 51.5 Å². The van der Waals surface area contributed by atoms with E-state index in [0.29, 0.717) is 56.3 Å². The van der Waals surface area contributed by atoms with Gasteiger partial charge in [0.2, 0.25) is 5.91 Å². The largest absolute Gasteiger partial charge is 0.481 e. The van der Waals surface area contributed by atoms with Gasteiger partial charge < -0.3 is 15.3 Å². The summed E-state index contributed by atoms with van der Waals surface area (Å²) >= 11 is 0. The molecule has 0 radical (unpaired) electrons. The molecule has 4 aliphatic carbocycles. The van der Waals surface area contributed by atoms with E-state index in [1.165, 1.54) is 0 Å². The molecule has 1 amide bonds. The number of aromatic nitrogens is 1. The fourth-order valence-corrected chi connectivity index (χ4v) is 7.21. The predicted molar refractivity (Wildman–Crippen MR) is 122 cm³/mol. The third kappa shape index (κ3) is 3.67. The molecule has 176 valence electrons. The van der Waals surface area contributed by atoms with E-state index in [-0.39, 0.29) is 23.8 Å². The van der Waals surface area contributed by atoms with Crippen LogP contribution in [0.3, 0.4) is 0 Å². The Morgan fingerprint density at radius 1 is 1.18 bits per heavy atom. The van der Waals surface area contributed by atoms with Gasteiger partial charge in [0, 0.05) is 38.4 Å². The van der Waals surface area contributed by atoms with Gasteiger partial charge in [-0.1, -0.05) is 0 Å². The third-order valence-corrected chi connectivity index (χ3v) is 8.86. The molecule has 2 unspecified atom stereocenters. The number of pyridine rings is 1. The molecule has 5 aliphatic rings. The molecule has 8 nitrogen and oxygen atoms in total. The van der Waals surface area contributed by atoms with Gasteiger partial charge >= 0.3 is 5.97 Å². The van der Waals surface area contributed by atoms with Crippen LogP contribution in [0.25, 0.3) is 0 Å². The van der Waals surface area contributed by atoms with Gasteiger partial charge in [0.1, 0.15) is 11.9 Å². The zero-order valence-electron chi connectivity index (χ0n) is 19.5. The van der Waals surface area contributed by atoms with Crippen LogP contribution in [0.2, 0.25) is 0 Å². The number of carboxylic acid groups (broad SMARTS) is 1. The lowest BCUT2D eigenvalue weighted by Gasteiger charge is -2.58. The highest BCUT2D eigenvalue weighted by Crippen LogP contribution is 2.60. The zero-order chi connectivity index (χ0) is 23.4. The van der Waals surface area contributed by atoms with Crippen LogP contribution in [0.5, 0.6) is 0 Å². The molecule has 0 aromatic carbocycles. The number of carbonyl (C=O) groups excluding carboxylic acids is 1. The number of piperazine rings is 1. The Labute approximate surface area is 195 Å². The number of hydrogen-bond donors (Lipinski definition) is 2. The highest BCUT2D eigenvalue weighted by molar-refractivity contribution is 5.86. The number of nitrogens with zero attached hydrogens (tertiary/aromatic N) is 4. The normalized spacial score (nSPS) is 33.5. The minimum atomic E-state index is -0.659. The number of hydrogen-bond acceptors (Lipinski definition) is 6. The van der Waals surface area contributed by atoms with Gasteiger partial charge in [-0.15, -0.1) is 0 Å². The number of anilines is 1. The molecule has 2 atom stereocenters. The van der Waals surface area contributed by atoms with Crippen molar-refractivity contribution in [3.63, 3.8) is 0 Å². The van der Waals surface area contributed by atoms with E-state index >= 15 is 0 Å². The van der Waals surface area contributed by atoms with E-state index in [4.69, 9.17) is 0 Å². The first kappa shape index (κ1) is 22.1. The summed E-state index contributed by atoms with van der Waals surface area (Å²) in [6, 6.07) is 5.86. The second-order valence-electron chi connectivity index (χ2n) is 11.1. The summed E-state index contributed by atoms with van der Waals surface area (Å²) in [5.41, 5.74) is -0.644. The zero-order valence-corrected chi connectivity index (χ0v) is 19.5. The lowest BCUT2D eigenvalue weighted by molar-refractivity contribution is -0.168. The van der Waals surface area contributed by atoms with Crippen LogP contribution in [-0.4, -0.2) is 64.6 Å². The maximum atomic E-state index is 13.5. The second kappa shape index (κ2) is 7.98. The lowest BCUT2D eigenvalue weighted by atomic mass is 9.48. The minimum absolute atomic E-state index is 0.0355. The van der Waals surface area contributed by atoms with Crippen LogP contribution in [-0.2, 0) is 9.59 Å². The molecule has 8 heteroatoms. The highest BCUT2D eigenvalue weighted by atomic mass is 16.4. The van der Waals surface area contributed by atoms with Crippen molar-refractivity contribution in [2.45, 2.75) is 57.5 Å². The summed E-state index contributed by atoms with van der Waals surface area (Å²) in [4.78, 5) is 34.2. The summed E-state index contributed by atoms with van der Waals surface area (Å²) < 4.78 is 0. The number of rotatable bonds is 5. The molecule has 2 heterocycles. The Hall–Kier alpha value is -2.66. The van der Waals surface area contributed by atoms with Gasteiger partial charge in [-0.2, -0.15) is 5.26 Å². The standard InChI is InChI=1S/C25H33N5O3/c1-24(2,30-8-6-29(7-9-30)21-17(15-26)4-3-5-27-21)22(31)28-20-18-10-16-11-19(20)14-25(12-16,13-18)23(32)33/h3-5,16,18-20H,6-14H2,1-2H3,(H,28,31)(H,32,33). The number of nitrogens with one attached hydrogen (secondary N) is 1. The van der Waals surface area contributed by atoms with Crippen LogP contribution in [0.15, 0.2) is 18.3 Å². The van der Waals surface area contributed by atoms with E-state index < -0.39 is 16.9 Å². The third-order valence-electron chi connectivity index (χ3n) is 8.86. The van der Waals surface area contributed by atoms with Crippen molar-refractivity contribution in [1.82, 2.24) is 15.2 Å². The fourth-order valence-electron chi connectivity index (χ4n) is 7.21. The maximum Gasteiger partial charge on any atom is 0.309 e. The number of carbonyl (C=O) groups is 2. The van der Waals surface area contributed by atoms with Gasteiger partial charge in [-0.05, 0) is 75.8 Å². The molecule has 33 heavy (non-hydrogen) atoms. The monoisotopic (exact) mass is 451 g/mol. The quantitative estimate of drug-likeness (QED) is 0.707. The molecule has 1 aromatic rings. The summed E-state index contributed by atoms with van der Waals surface area (Å²) in [6.45, 7) is 6.80. The molecule has 2 N–H and O–H groups in total. The van der Waals surface area contributed by atoms with Crippen molar-refractivity contribution >= 4 is 17.7 Å². The van der Waals surface area contributed by atoms with Crippen molar-refractivity contribution in [3.8, 4) is 6.07 Å². The summed E-state index contributed by atoms with van der Waals surface area (Å²) in [7, 11) is 0. The van der Waals surface area contributed by atoms with Crippen LogP contribution in [0, 0.1) is 34.5 Å². The molecule has 0 spiro atoms. The molecule has 4 bridgehead atoms. The number of amides is 1. The summed E-state index contributed by atoms with van der Waals surface area (Å²) in [5, 5.41) is 22.6. The summed E-state index contributed by atoms with van der Waals surface area (Å²) in [6.07, 6.45) is 6.01. The molecule has 5 fully saturated rings. The van der Waals surface area contributed by atoms with Gasteiger partial charge in [0.25, 0.3) is 0 Å². The highest BCUT2D eigenvalue weighted by Gasteiger charge is 2.59. The van der Waals surface area contributed by atoms with Crippen molar-refractivity contribution in [2.24, 2.45) is 23.2 Å². The molecular weight excluding hydrogens is 418 g/mol. The van der Waals surface area contributed by atoms with Gasteiger partial charge in [0.05, 0.1) is 16.5 Å². The predicted octanol–water partition coefficient (Wildman–Crippen LogP) is 2.25. The van der Waals surface area contributed by atoms with Crippen molar-refractivity contribution < 1.29 is 14.7 Å². The smallest absolute Gasteiger partial charge is 0.309 e. The van der Waals surface area contributed by atoms with Crippen molar-refractivity contribution in [1.29, 1.82) is 5.26 Å². The van der Waals surface area contributed by atoms with E-state index in [9.17, 15) is 20.0 Å². The maximum absolute atomic E-state index is 13.5. The average Bonchev–Trinajstić information content (AvgIpc) is 2.80. The second-order valence-corrected chi connectivity index (χ2v) is 11.1. The van der Waals surface area contributed by atoms with Crippen LogP contribution in [0.4, 0.5) is 5.82 Å². The Bertz CT molecular complexity index is 978. The molecular formula is C25H33N5O3. The first-order chi connectivity index (χ1) is 15.7. The Morgan fingerprint density at radius 2 is 1.85 bits per heavy atom. The molecule has 1 aromatic heterocycles. The van der Waals surface area contributed by atoms with Gasteiger partial charge in [-0.3, -0.25) is 14.5 Å².